The van der Waals surface area contributed by atoms with Gasteiger partial charge in [-0.25, -0.2) is 4.99 Å². The van der Waals surface area contributed by atoms with Crippen LogP contribution >= 0.6 is 0 Å². The molecule has 1 aromatic carbocycles. The van der Waals surface area contributed by atoms with Crippen molar-refractivity contribution < 1.29 is 4.74 Å². The molecule has 2 aromatic rings. The minimum Gasteiger partial charge on any atom is -0.497 e. The van der Waals surface area contributed by atoms with Crippen LogP contribution in [-0.4, -0.2) is 40.9 Å². The van der Waals surface area contributed by atoms with Crippen LogP contribution in [0.5, 0.6) is 5.75 Å². The van der Waals surface area contributed by atoms with Crippen molar-refractivity contribution in [3.05, 3.63) is 41.5 Å². The molecule has 1 aliphatic rings. The van der Waals surface area contributed by atoms with Crippen LogP contribution in [0.1, 0.15) is 30.1 Å². The molecule has 1 aromatic heterocycles. The minimum absolute atomic E-state index is 0.514. The summed E-state index contributed by atoms with van der Waals surface area (Å²) in [5, 5.41) is 15.1. The Balaban J connectivity index is 1.54. The van der Waals surface area contributed by atoms with Crippen LogP contribution in [-0.2, 0) is 20.0 Å². The van der Waals surface area contributed by atoms with Gasteiger partial charge in [-0.1, -0.05) is 12.1 Å². The van der Waals surface area contributed by atoms with E-state index in [1.54, 1.807) is 7.11 Å². The maximum absolute atomic E-state index is 5.20. The van der Waals surface area contributed by atoms with Crippen molar-refractivity contribution in [3.8, 4) is 5.75 Å². The van der Waals surface area contributed by atoms with Crippen LogP contribution in [0, 0.1) is 12.8 Å². The standard InChI is InChI=1S/C19H28N6O/c1-14-23-24-18(25(14)2)13-22-19(21-12-16-4-5-16)20-11-10-15-6-8-17(26-3)9-7-15/h6-9,16H,4-5,10-13H2,1-3H3,(H2,20,21,22). The number of aryl methyl sites for hydroxylation is 1. The molecule has 0 spiro atoms. The third-order valence-corrected chi connectivity index (χ3v) is 4.68. The number of methoxy groups -OCH3 is 1. The predicted molar refractivity (Wildman–Crippen MR) is 102 cm³/mol. The highest BCUT2D eigenvalue weighted by atomic mass is 16.5. The molecule has 0 unspecified atom stereocenters. The second kappa shape index (κ2) is 8.69. The Morgan fingerprint density at radius 2 is 2.00 bits per heavy atom. The number of aromatic nitrogens is 3. The quantitative estimate of drug-likeness (QED) is 0.557. The SMILES string of the molecule is COc1ccc(CCNC(=NCc2nnc(C)n2C)NCC2CC2)cc1. The first kappa shape index (κ1) is 18.2. The van der Waals surface area contributed by atoms with Crippen LogP contribution in [0.2, 0.25) is 0 Å². The highest BCUT2D eigenvalue weighted by Gasteiger charge is 2.21. The normalized spacial score (nSPS) is 14.3. The summed E-state index contributed by atoms with van der Waals surface area (Å²) in [5.41, 5.74) is 1.27. The van der Waals surface area contributed by atoms with Gasteiger partial charge < -0.3 is 19.9 Å². The molecule has 26 heavy (non-hydrogen) atoms. The number of nitrogens with zero attached hydrogens (tertiary/aromatic N) is 4. The maximum atomic E-state index is 5.20. The van der Waals surface area contributed by atoms with Crippen molar-refractivity contribution in [1.82, 2.24) is 25.4 Å². The van der Waals surface area contributed by atoms with Gasteiger partial charge in [-0.05, 0) is 49.8 Å². The second-order valence-corrected chi connectivity index (χ2v) is 6.74. The summed E-state index contributed by atoms with van der Waals surface area (Å²) in [5.74, 6) is 4.28. The Morgan fingerprint density at radius 1 is 1.23 bits per heavy atom. The van der Waals surface area contributed by atoms with E-state index in [9.17, 15) is 0 Å². The van der Waals surface area contributed by atoms with Crippen LogP contribution in [0.25, 0.3) is 0 Å². The van der Waals surface area contributed by atoms with E-state index in [2.05, 4.69) is 38.0 Å². The molecule has 0 amide bonds. The molecule has 7 heteroatoms. The van der Waals surface area contributed by atoms with Gasteiger partial charge in [0.1, 0.15) is 18.1 Å². The van der Waals surface area contributed by atoms with Crippen LogP contribution in [0.3, 0.4) is 0 Å². The van der Waals surface area contributed by atoms with Gasteiger partial charge >= 0.3 is 0 Å². The van der Waals surface area contributed by atoms with E-state index in [0.717, 1.165) is 48.8 Å². The van der Waals surface area contributed by atoms with Crippen molar-refractivity contribution >= 4 is 5.96 Å². The lowest BCUT2D eigenvalue weighted by Gasteiger charge is -2.12. The lowest BCUT2D eigenvalue weighted by molar-refractivity contribution is 0.414. The molecule has 0 atom stereocenters. The summed E-state index contributed by atoms with van der Waals surface area (Å²) in [6.07, 6.45) is 3.56. The van der Waals surface area contributed by atoms with Gasteiger partial charge in [-0.3, -0.25) is 0 Å². The number of aliphatic imine (C=N–C) groups is 1. The van der Waals surface area contributed by atoms with Gasteiger partial charge in [0.2, 0.25) is 0 Å². The molecule has 0 radical (unpaired) electrons. The third-order valence-electron chi connectivity index (χ3n) is 4.68. The maximum Gasteiger partial charge on any atom is 0.191 e. The van der Waals surface area contributed by atoms with E-state index in [1.165, 1.54) is 18.4 Å². The first-order chi connectivity index (χ1) is 12.7. The number of nitrogens with one attached hydrogen (secondary N) is 2. The number of hydrogen-bond donors (Lipinski definition) is 2. The Hall–Kier alpha value is -2.57. The van der Waals surface area contributed by atoms with E-state index in [4.69, 9.17) is 4.74 Å². The van der Waals surface area contributed by atoms with E-state index >= 15 is 0 Å². The summed E-state index contributed by atoms with van der Waals surface area (Å²) in [6, 6.07) is 8.17. The molecule has 0 aliphatic heterocycles. The van der Waals surface area contributed by atoms with Crippen molar-refractivity contribution in [2.45, 2.75) is 32.7 Å². The number of ether oxygens (including phenoxy) is 1. The van der Waals surface area contributed by atoms with Crippen molar-refractivity contribution in [1.29, 1.82) is 0 Å². The zero-order chi connectivity index (χ0) is 18.4. The molecule has 7 nitrogen and oxygen atoms in total. The summed E-state index contributed by atoms with van der Waals surface area (Å²) in [7, 11) is 3.65. The van der Waals surface area contributed by atoms with Crippen LogP contribution < -0.4 is 15.4 Å². The molecule has 1 saturated carbocycles. The fourth-order valence-electron chi connectivity index (χ4n) is 2.59. The molecule has 0 bridgehead atoms. The van der Waals surface area contributed by atoms with Gasteiger partial charge in [-0.2, -0.15) is 0 Å². The number of hydrogen-bond acceptors (Lipinski definition) is 4. The molecular formula is C19H28N6O. The monoisotopic (exact) mass is 356 g/mol. The van der Waals surface area contributed by atoms with E-state index in [-0.39, 0.29) is 0 Å². The van der Waals surface area contributed by atoms with Crippen LogP contribution in [0.4, 0.5) is 0 Å². The first-order valence-corrected chi connectivity index (χ1v) is 9.15. The summed E-state index contributed by atoms with van der Waals surface area (Å²) >= 11 is 0. The van der Waals surface area contributed by atoms with Crippen molar-refractivity contribution in [2.75, 3.05) is 20.2 Å². The van der Waals surface area contributed by atoms with Crippen LogP contribution in [0.15, 0.2) is 29.3 Å². The van der Waals surface area contributed by atoms with Crippen molar-refractivity contribution in [2.24, 2.45) is 18.0 Å². The molecule has 3 rings (SSSR count). The zero-order valence-electron chi connectivity index (χ0n) is 15.8. The lowest BCUT2D eigenvalue weighted by atomic mass is 10.1. The Kier molecular flexibility index (Phi) is 6.09. The van der Waals surface area contributed by atoms with Crippen molar-refractivity contribution in [3.63, 3.8) is 0 Å². The Bertz CT molecular complexity index is 733. The molecule has 0 saturated heterocycles. The fraction of sp³-hybridized carbons (Fsp3) is 0.526. The van der Waals surface area contributed by atoms with E-state index in [1.807, 2.05) is 30.7 Å². The minimum atomic E-state index is 0.514. The van der Waals surface area contributed by atoms with Gasteiger partial charge in [0.25, 0.3) is 0 Å². The average Bonchev–Trinajstić information content (AvgIpc) is 3.44. The third kappa shape index (κ3) is 5.21. The lowest BCUT2D eigenvalue weighted by Crippen LogP contribution is -2.39. The van der Waals surface area contributed by atoms with Gasteiger partial charge in [0.05, 0.1) is 7.11 Å². The van der Waals surface area contributed by atoms with E-state index < -0.39 is 0 Å². The highest BCUT2D eigenvalue weighted by molar-refractivity contribution is 5.79. The topological polar surface area (TPSA) is 76.4 Å². The molecule has 2 N–H and O–H groups in total. The fourth-order valence-corrected chi connectivity index (χ4v) is 2.59. The second-order valence-electron chi connectivity index (χ2n) is 6.74. The molecule has 1 fully saturated rings. The summed E-state index contributed by atoms with van der Waals surface area (Å²) in [6.45, 7) is 4.26. The average molecular weight is 356 g/mol. The summed E-state index contributed by atoms with van der Waals surface area (Å²) < 4.78 is 7.17. The largest absolute Gasteiger partial charge is 0.497 e. The number of guanidine groups is 1. The Morgan fingerprint density at radius 3 is 2.62 bits per heavy atom. The van der Waals surface area contributed by atoms with Gasteiger partial charge in [0, 0.05) is 20.1 Å². The molecular weight excluding hydrogens is 328 g/mol. The molecule has 1 heterocycles. The highest BCUT2D eigenvalue weighted by Crippen LogP contribution is 2.27. The summed E-state index contributed by atoms with van der Waals surface area (Å²) in [4.78, 5) is 4.68. The van der Waals surface area contributed by atoms with E-state index in [0.29, 0.717) is 6.54 Å². The molecule has 140 valence electrons. The number of benzene rings is 1. The zero-order valence-corrected chi connectivity index (χ0v) is 15.8. The predicted octanol–water partition coefficient (Wildman–Crippen LogP) is 1.82. The Labute approximate surface area is 154 Å². The smallest absolute Gasteiger partial charge is 0.191 e. The first-order valence-electron chi connectivity index (χ1n) is 9.15. The van der Waals surface area contributed by atoms with Gasteiger partial charge in [0.15, 0.2) is 11.8 Å². The van der Waals surface area contributed by atoms with Gasteiger partial charge in [-0.15, -0.1) is 10.2 Å². The number of rotatable bonds is 8. The molecule has 1 aliphatic carbocycles.